The summed E-state index contributed by atoms with van der Waals surface area (Å²) >= 11 is 0. The number of sulfone groups is 1. The van der Waals surface area contributed by atoms with E-state index in [1.54, 1.807) is 24.1 Å². The quantitative estimate of drug-likeness (QED) is 0.776. The van der Waals surface area contributed by atoms with Crippen LogP contribution < -0.4 is 0 Å². The molecule has 0 N–H and O–H groups in total. The lowest BCUT2D eigenvalue weighted by Gasteiger charge is -2.33. The fraction of sp³-hybridized carbons (Fsp3) is 0.588. The molecule has 1 aliphatic heterocycles. The highest BCUT2D eigenvalue weighted by Crippen LogP contribution is 2.24. The van der Waals surface area contributed by atoms with Crippen molar-refractivity contribution in [1.82, 2.24) is 10.0 Å². The van der Waals surface area contributed by atoms with Gasteiger partial charge in [-0.05, 0) is 42.4 Å². The van der Waals surface area contributed by atoms with Gasteiger partial charge in [-0.1, -0.05) is 18.2 Å². The lowest BCUT2D eigenvalue weighted by molar-refractivity contribution is -0.148. The molecule has 3 rings (SSSR count). The SMILES string of the molecule is CN(C)N(C(=O)Cc1ccc2c(c1)CCC2)[C@@H]1CCS(=O)(=O)C1. The van der Waals surface area contributed by atoms with Gasteiger partial charge < -0.3 is 0 Å². The van der Waals surface area contributed by atoms with E-state index >= 15 is 0 Å². The smallest absolute Gasteiger partial charge is 0.241 e. The van der Waals surface area contributed by atoms with Gasteiger partial charge in [0, 0.05) is 14.1 Å². The van der Waals surface area contributed by atoms with Crippen LogP contribution in [0.15, 0.2) is 18.2 Å². The first-order chi connectivity index (χ1) is 10.9. The summed E-state index contributed by atoms with van der Waals surface area (Å²) in [7, 11) is 0.585. The zero-order valence-corrected chi connectivity index (χ0v) is 14.6. The average molecular weight is 336 g/mol. The fourth-order valence-electron chi connectivity index (χ4n) is 3.71. The van der Waals surface area contributed by atoms with Crippen molar-refractivity contribution in [3.05, 3.63) is 34.9 Å². The number of hydrazine groups is 1. The largest absolute Gasteiger partial charge is 0.273 e. The highest BCUT2D eigenvalue weighted by Gasteiger charge is 2.35. The molecule has 1 aromatic carbocycles. The second-order valence-corrected chi connectivity index (χ2v) is 9.00. The van der Waals surface area contributed by atoms with Gasteiger partial charge in [-0.25, -0.2) is 13.4 Å². The summed E-state index contributed by atoms with van der Waals surface area (Å²) < 4.78 is 23.4. The first-order valence-electron chi connectivity index (χ1n) is 8.16. The number of hydrogen-bond acceptors (Lipinski definition) is 4. The molecule has 0 radical (unpaired) electrons. The molecule has 1 atom stereocenters. The Bertz CT molecular complexity index is 713. The average Bonchev–Trinajstić information content (AvgIpc) is 3.04. The molecule has 5 nitrogen and oxygen atoms in total. The first-order valence-corrected chi connectivity index (χ1v) is 9.98. The Morgan fingerprint density at radius 1 is 1.22 bits per heavy atom. The van der Waals surface area contributed by atoms with Crippen LogP contribution in [0, 0.1) is 0 Å². The van der Waals surface area contributed by atoms with E-state index in [1.165, 1.54) is 17.5 Å². The Kier molecular flexibility index (Phi) is 4.47. The molecule has 0 unspecified atom stereocenters. The highest BCUT2D eigenvalue weighted by atomic mass is 32.2. The lowest BCUT2D eigenvalue weighted by Crippen LogP contribution is -2.49. The molecular formula is C17H24N2O3S. The predicted molar refractivity (Wildman–Crippen MR) is 89.8 cm³/mol. The molecule has 1 saturated heterocycles. The van der Waals surface area contributed by atoms with Gasteiger partial charge in [0.05, 0.1) is 24.0 Å². The van der Waals surface area contributed by atoms with Crippen molar-refractivity contribution in [2.24, 2.45) is 0 Å². The molecule has 23 heavy (non-hydrogen) atoms. The molecule has 1 aliphatic carbocycles. The van der Waals surface area contributed by atoms with Gasteiger partial charge in [0.25, 0.3) is 0 Å². The van der Waals surface area contributed by atoms with E-state index in [4.69, 9.17) is 0 Å². The summed E-state index contributed by atoms with van der Waals surface area (Å²) in [6.07, 6.45) is 4.26. The molecule has 0 saturated carbocycles. The lowest BCUT2D eigenvalue weighted by atomic mass is 10.0. The number of fused-ring (bicyclic) bond motifs is 1. The molecule has 0 aromatic heterocycles. The minimum atomic E-state index is -3.01. The van der Waals surface area contributed by atoms with Crippen LogP contribution in [0.3, 0.4) is 0 Å². The van der Waals surface area contributed by atoms with E-state index < -0.39 is 9.84 Å². The Labute approximate surface area is 138 Å². The summed E-state index contributed by atoms with van der Waals surface area (Å²) in [4.78, 5) is 12.7. The van der Waals surface area contributed by atoms with E-state index in [0.717, 1.165) is 18.4 Å². The van der Waals surface area contributed by atoms with E-state index in [2.05, 4.69) is 12.1 Å². The number of hydrogen-bond donors (Lipinski definition) is 0. The van der Waals surface area contributed by atoms with Gasteiger partial charge in [0.15, 0.2) is 9.84 Å². The molecule has 1 heterocycles. The van der Waals surface area contributed by atoms with Crippen molar-refractivity contribution in [3.8, 4) is 0 Å². The number of carbonyl (C=O) groups is 1. The molecule has 0 spiro atoms. The molecule has 6 heteroatoms. The summed E-state index contributed by atoms with van der Waals surface area (Å²) in [5.74, 6) is 0.213. The summed E-state index contributed by atoms with van der Waals surface area (Å²) in [6, 6.07) is 6.06. The van der Waals surface area contributed by atoms with Gasteiger partial charge in [0.2, 0.25) is 5.91 Å². The number of rotatable bonds is 4. The molecule has 1 fully saturated rings. The minimum Gasteiger partial charge on any atom is -0.273 e. The first kappa shape index (κ1) is 16.5. The normalized spacial score (nSPS) is 22.3. The van der Waals surface area contributed by atoms with E-state index in [0.29, 0.717) is 12.8 Å². The number of benzene rings is 1. The third kappa shape index (κ3) is 3.58. The van der Waals surface area contributed by atoms with Crippen LogP contribution in [0.2, 0.25) is 0 Å². The molecular weight excluding hydrogens is 312 g/mol. The van der Waals surface area contributed by atoms with E-state index in [9.17, 15) is 13.2 Å². The topological polar surface area (TPSA) is 57.7 Å². The van der Waals surface area contributed by atoms with Crippen molar-refractivity contribution in [2.45, 2.75) is 38.1 Å². The number of nitrogens with zero attached hydrogens (tertiary/aromatic N) is 2. The van der Waals surface area contributed by atoms with Crippen LogP contribution in [0.25, 0.3) is 0 Å². The Balaban J connectivity index is 1.74. The maximum atomic E-state index is 12.7. The summed E-state index contributed by atoms with van der Waals surface area (Å²) in [5.41, 5.74) is 3.77. The van der Waals surface area contributed by atoms with Gasteiger partial charge in [-0.15, -0.1) is 0 Å². The highest BCUT2D eigenvalue weighted by molar-refractivity contribution is 7.91. The van der Waals surface area contributed by atoms with Crippen molar-refractivity contribution in [3.63, 3.8) is 0 Å². The Morgan fingerprint density at radius 3 is 2.61 bits per heavy atom. The second kappa shape index (κ2) is 6.24. The van der Waals surface area contributed by atoms with Crippen LogP contribution in [0.4, 0.5) is 0 Å². The van der Waals surface area contributed by atoms with Crippen LogP contribution in [-0.2, 0) is 33.9 Å². The number of aryl methyl sites for hydroxylation is 2. The minimum absolute atomic E-state index is 0.0324. The fourth-order valence-corrected chi connectivity index (χ4v) is 5.40. The second-order valence-electron chi connectivity index (χ2n) is 6.78. The van der Waals surface area contributed by atoms with Gasteiger partial charge >= 0.3 is 0 Å². The van der Waals surface area contributed by atoms with Gasteiger partial charge in [-0.3, -0.25) is 9.80 Å². The Hall–Kier alpha value is -1.40. The van der Waals surface area contributed by atoms with Crippen molar-refractivity contribution >= 4 is 15.7 Å². The van der Waals surface area contributed by atoms with Crippen molar-refractivity contribution in [2.75, 3.05) is 25.6 Å². The van der Waals surface area contributed by atoms with Crippen molar-refractivity contribution < 1.29 is 13.2 Å². The van der Waals surface area contributed by atoms with Crippen LogP contribution in [0.1, 0.15) is 29.5 Å². The monoisotopic (exact) mass is 336 g/mol. The maximum absolute atomic E-state index is 12.7. The summed E-state index contributed by atoms with van der Waals surface area (Å²) in [6.45, 7) is 0. The maximum Gasteiger partial charge on any atom is 0.241 e. The van der Waals surface area contributed by atoms with E-state index in [-0.39, 0.29) is 23.5 Å². The van der Waals surface area contributed by atoms with Crippen LogP contribution in [-0.4, -0.2) is 56.0 Å². The molecule has 2 aliphatic rings. The predicted octanol–water partition coefficient (Wildman–Crippen LogP) is 1.21. The number of carbonyl (C=O) groups excluding carboxylic acids is 1. The standard InChI is InChI=1S/C17H24N2O3S/c1-18(2)19(16-8-9-23(21,22)12-16)17(20)11-13-6-7-14-4-3-5-15(14)10-13/h6-7,10,16H,3-5,8-9,11-12H2,1-2H3/t16-/m1/s1. The number of amides is 1. The Morgan fingerprint density at radius 2 is 1.96 bits per heavy atom. The van der Waals surface area contributed by atoms with Crippen LogP contribution in [0.5, 0.6) is 0 Å². The molecule has 1 amide bonds. The van der Waals surface area contributed by atoms with Crippen LogP contribution >= 0.6 is 0 Å². The molecule has 0 bridgehead atoms. The van der Waals surface area contributed by atoms with Gasteiger partial charge in [-0.2, -0.15) is 0 Å². The third-order valence-electron chi connectivity index (χ3n) is 4.76. The molecule has 1 aromatic rings. The van der Waals surface area contributed by atoms with Crippen molar-refractivity contribution in [1.29, 1.82) is 0 Å². The van der Waals surface area contributed by atoms with Gasteiger partial charge in [0.1, 0.15) is 0 Å². The summed E-state index contributed by atoms with van der Waals surface area (Å²) in [5, 5.41) is 3.35. The zero-order chi connectivity index (χ0) is 16.6. The molecule has 126 valence electrons. The van der Waals surface area contributed by atoms with E-state index in [1.807, 2.05) is 6.07 Å². The third-order valence-corrected chi connectivity index (χ3v) is 6.51. The zero-order valence-electron chi connectivity index (χ0n) is 13.8.